The Morgan fingerprint density at radius 2 is 1.86 bits per heavy atom. The molecule has 0 atom stereocenters. The number of pyridine rings is 1. The van der Waals surface area contributed by atoms with Crippen LogP contribution in [0.3, 0.4) is 0 Å². The summed E-state index contributed by atoms with van der Waals surface area (Å²) in [5.74, 6) is 2.51. The zero-order valence-corrected chi connectivity index (χ0v) is 13.3. The molecule has 1 aromatic carbocycles. The van der Waals surface area contributed by atoms with Gasteiger partial charge in [0.25, 0.3) is 0 Å². The summed E-state index contributed by atoms with van der Waals surface area (Å²) >= 11 is 0. The first kappa shape index (κ1) is 15.4. The van der Waals surface area contributed by atoms with Gasteiger partial charge >= 0.3 is 0 Å². The highest BCUT2D eigenvalue weighted by molar-refractivity contribution is 5.43. The van der Waals surface area contributed by atoms with Gasteiger partial charge in [0.1, 0.15) is 17.3 Å². The van der Waals surface area contributed by atoms with E-state index < -0.39 is 0 Å². The van der Waals surface area contributed by atoms with Crippen LogP contribution in [0, 0.1) is 0 Å². The molecule has 0 saturated carbocycles. The molecule has 1 N–H and O–H groups in total. The van der Waals surface area contributed by atoms with E-state index in [-0.39, 0.29) is 5.41 Å². The summed E-state index contributed by atoms with van der Waals surface area (Å²) in [5, 5.41) is 3.27. The van der Waals surface area contributed by atoms with Gasteiger partial charge in [0, 0.05) is 18.8 Å². The normalized spacial score (nSPS) is 11.2. The van der Waals surface area contributed by atoms with Gasteiger partial charge in [-0.3, -0.25) is 0 Å². The predicted octanol–water partition coefficient (Wildman–Crippen LogP) is 4.99. The Hall–Kier alpha value is -2.03. The number of rotatable bonds is 5. The monoisotopic (exact) mass is 284 g/mol. The van der Waals surface area contributed by atoms with Crippen molar-refractivity contribution < 1.29 is 4.74 Å². The minimum Gasteiger partial charge on any atom is -0.457 e. The third-order valence-electron chi connectivity index (χ3n) is 3.22. The molecule has 0 radical (unpaired) electrons. The fourth-order valence-electron chi connectivity index (χ4n) is 1.99. The topological polar surface area (TPSA) is 34.1 Å². The lowest BCUT2D eigenvalue weighted by atomic mass is 9.87. The Balaban J connectivity index is 2.14. The Labute approximate surface area is 127 Å². The van der Waals surface area contributed by atoms with Gasteiger partial charge in [0.15, 0.2) is 0 Å². The van der Waals surface area contributed by atoms with E-state index in [1.165, 1.54) is 5.56 Å². The van der Waals surface area contributed by atoms with Crippen LogP contribution in [-0.2, 0) is 5.41 Å². The summed E-state index contributed by atoms with van der Waals surface area (Å²) in [6, 6.07) is 12.1. The molecule has 3 nitrogen and oxygen atoms in total. The van der Waals surface area contributed by atoms with E-state index in [0.29, 0.717) is 0 Å². The summed E-state index contributed by atoms with van der Waals surface area (Å²) in [4.78, 5) is 4.28. The molecule has 0 unspecified atom stereocenters. The van der Waals surface area contributed by atoms with Gasteiger partial charge in [-0.05, 0) is 35.6 Å². The van der Waals surface area contributed by atoms with E-state index in [1.54, 1.807) is 6.20 Å². The maximum Gasteiger partial charge on any atom is 0.132 e. The first-order valence-electron chi connectivity index (χ1n) is 7.47. The lowest BCUT2D eigenvalue weighted by molar-refractivity contribution is 0.478. The number of hydrogen-bond donors (Lipinski definition) is 1. The molecule has 3 heteroatoms. The number of nitrogens with zero attached hydrogens (tertiary/aromatic N) is 1. The summed E-state index contributed by atoms with van der Waals surface area (Å²) < 4.78 is 5.95. The van der Waals surface area contributed by atoms with Crippen molar-refractivity contribution >= 4 is 5.82 Å². The standard InChI is InChI=1S/C18H24N2O/c1-5-10-19-17-13-16(9-11-20-17)21-15-8-6-7-14(12-15)18(2,3)4/h6-9,11-13H,5,10H2,1-4H3,(H,19,20). The van der Waals surface area contributed by atoms with Crippen molar-refractivity contribution in [2.45, 2.75) is 39.5 Å². The molecular weight excluding hydrogens is 260 g/mol. The molecule has 21 heavy (non-hydrogen) atoms. The molecule has 0 aliphatic carbocycles. The van der Waals surface area contributed by atoms with Crippen LogP contribution in [0.2, 0.25) is 0 Å². The van der Waals surface area contributed by atoms with Crippen LogP contribution >= 0.6 is 0 Å². The third kappa shape index (κ3) is 4.48. The number of anilines is 1. The second-order valence-electron chi connectivity index (χ2n) is 6.18. The largest absolute Gasteiger partial charge is 0.457 e. The van der Waals surface area contributed by atoms with Gasteiger partial charge in [-0.1, -0.05) is 39.8 Å². The van der Waals surface area contributed by atoms with Gasteiger partial charge in [-0.15, -0.1) is 0 Å². The Bertz CT molecular complexity index is 588. The van der Waals surface area contributed by atoms with Crippen LogP contribution in [0.5, 0.6) is 11.5 Å². The van der Waals surface area contributed by atoms with Gasteiger partial charge < -0.3 is 10.1 Å². The molecule has 0 spiro atoms. The molecule has 0 amide bonds. The van der Waals surface area contributed by atoms with E-state index in [4.69, 9.17) is 4.74 Å². The molecule has 2 rings (SSSR count). The maximum absolute atomic E-state index is 5.95. The molecule has 1 heterocycles. The van der Waals surface area contributed by atoms with Crippen LogP contribution in [0.4, 0.5) is 5.82 Å². The molecule has 0 fully saturated rings. The van der Waals surface area contributed by atoms with E-state index in [2.05, 4.69) is 50.1 Å². The SMILES string of the molecule is CCCNc1cc(Oc2cccc(C(C)(C)C)c2)ccn1. The third-order valence-corrected chi connectivity index (χ3v) is 3.22. The second-order valence-corrected chi connectivity index (χ2v) is 6.18. The fourth-order valence-corrected chi connectivity index (χ4v) is 1.99. The lowest BCUT2D eigenvalue weighted by Crippen LogP contribution is -2.10. The van der Waals surface area contributed by atoms with E-state index in [1.807, 2.05) is 24.3 Å². The highest BCUT2D eigenvalue weighted by atomic mass is 16.5. The minimum atomic E-state index is 0.117. The Morgan fingerprint density at radius 1 is 1.10 bits per heavy atom. The maximum atomic E-state index is 5.95. The summed E-state index contributed by atoms with van der Waals surface area (Å²) in [7, 11) is 0. The van der Waals surface area contributed by atoms with Crippen LogP contribution in [0.25, 0.3) is 0 Å². The van der Waals surface area contributed by atoms with Crippen molar-refractivity contribution in [1.29, 1.82) is 0 Å². The Morgan fingerprint density at radius 3 is 2.57 bits per heavy atom. The van der Waals surface area contributed by atoms with Gasteiger partial charge in [0.05, 0.1) is 0 Å². The lowest BCUT2D eigenvalue weighted by Gasteiger charge is -2.19. The average Bonchev–Trinajstić information content (AvgIpc) is 2.45. The summed E-state index contributed by atoms with van der Waals surface area (Å²) in [5.41, 5.74) is 1.38. The van der Waals surface area contributed by atoms with Crippen molar-refractivity contribution in [3.63, 3.8) is 0 Å². The molecule has 1 aromatic heterocycles. The molecule has 0 aliphatic rings. The van der Waals surface area contributed by atoms with E-state index >= 15 is 0 Å². The zero-order chi connectivity index (χ0) is 15.3. The van der Waals surface area contributed by atoms with E-state index in [9.17, 15) is 0 Å². The smallest absolute Gasteiger partial charge is 0.132 e. The molecular formula is C18H24N2O. The minimum absolute atomic E-state index is 0.117. The highest BCUT2D eigenvalue weighted by Gasteiger charge is 2.14. The van der Waals surface area contributed by atoms with Crippen molar-refractivity contribution in [3.8, 4) is 11.5 Å². The Kier molecular flexibility index (Phi) is 4.84. The number of nitrogens with one attached hydrogen (secondary N) is 1. The van der Waals surface area contributed by atoms with Gasteiger partial charge in [0.2, 0.25) is 0 Å². The van der Waals surface area contributed by atoms with Crippen molar-refractivity contribution in [2.24, 2.45) is 0 Å². The second kappa shape index (κ2) is 6.61. The predicted molar refractivity (Wildman–Crippen MR) is 88.2 cm³/mol. The van der Waals surface area contributed by atoms with Crippen LogP contribution in [0.1, 0.15) is 39.7 Å². The first-order valence-corrected chi connectivity index (χ1v) is 7.47. The highest BCUT2D eigenvalue weighted by Crippen LogP contribution is 2.28. The molecule has 0 saturated heterocycles. The average molecular weight is 284 g/mol. The van der Waals surface area contributed by atoms with Crippen molar-refractivity contribution in [3.05, 3.63) is 48.2 Å². The molecule has 2 aromatic rings. The van der Waals surface area contributed by atoms with Crippen molar-refractivity contribution in [2.75, 3.05) is 11.9 Å². The van der Waals surface area contributed by atoms with Gasteiger partial charge in [-0.25, -0.2) is 4.98 Å². The van der Waals surface area contributed by atoms with E-state index in [0.717, 1.165) is 30.3 Å². The molecule has 0 bridgehead atoms. The quantitative estimate of drug-likeness (QED) is 0.839. The van der Waals surface area contributed by atoms with Crippen LogP contribution in [0.15, 0.2) is 42.6 Å². The number of ether oxygens (including phenoxy) is 1. The summed E-state index contributed by atoms with van der Waals surface area (Å²) in [6.07, 6.45) is 2.83. The molecule has 112 valence electrons. The van der Waals surface area contributed by atoms with Crippen molar-refractivity contribution in [1.82, 2.24) is 4.98 Å². The van der Waals surface area contributed by atoms with Crippen LogP contribution in [-0.4, -0.2) is 11.5 Å². The summed E-state index contributed by atoms with van der Waals surface area (Å²) in [6.45, 7) is 9.64. The first-order chi connectivity index (χ1) is 9.99. The fraction of sp³-hybridized carbons (Fsp3) is 0.389. The molecule has 0 aliphatic heterocycles. The number of aromatic nitrogens is 1. The number of benzene rings is 1. The van der Waals surface area contributed by atoms with Crippen LogP contribution < -0.4 is 10.1 Å². The zero-order valence-electron chi connectivity index (χ0n) is 13.3. The number of hydrogen-bond acceptors (Lipinski definition) is 3. The van der Waals surface area contributed by atoms with Gasteiger partial charge in [-0.2, -0.15) is 0 Å².